The normalized spacial score (nSPS) is 20.7. The minimum atomic E-state index is -0.292. The number of carbonyl (C=O) groups is 2. The number of hydrogen-bond acceptors (Lipinski definition) is 5. The Kier molecular flexibility index (Phi) is 8.09. The number of halogens is 2. The molecule has 158 valence electrons. The number of piperidine rings is 1. The maximum absolute atomic E-state index is 13.0. The van der Waals surface area contributed by atoms with Gasteiger partial charge >= 0.3 is 0 Å². The van der Waals surface area contributed by atoms with Gasteiger partial charge < -0.3 is 10.4 Å². The number of likely N-dealkylation sites (tertiary alicyclic amines) is 1. The topological polar surface area (TPSA) is 72.9 Å². The number of aliphatic hydroxyl groups excluding tert-OH is 1. The van der Waals surface area contributed by atoms with Gasteiger partial charge in [0.2, 0.25) is 5.91 Å². The molecule has 6 nitrogen and oxygen atoms in total. The third-order valence-corrected chi connectivity index (χ3v) is 6.23. The molecule has 8 heteroatoms. The van der Waals surface area contributed by atoms with Gasteiger partial charge in [-0.15, -0.1) is 0 Å². The number of carbonyl (C=O) groups excluding carboxylic acids is 2. The van der Waals surface area contributed by atoms with Crippen LogP contribution in [0.3, 0.4) is 0 Å². The predicted octanol–water partition coefficient (Wildman–Crippen LogP) is 2.22. The lowest BCUT2D eigenvalue weighted by Crippen LogP contribution is -2.51. The fourth-order valence-corrected chi connectivity index (χ4v) is 4.10. The number of piperazine rings is 1. The maximum atomic E-state index is 13.0. The van der Waals surface area contributed by atoms with Gasteiger partial charge in [-0.2, -0.15) is 0 Å². The summed E-state index contributed by atoms with van der Waals surface area (Å²) in [5.74, 6) is 0.0497. The Morgan fingerprint density at radius 2 is 2.00 bits per heavy atom. The Bertz CT molecular complexity index is 764. The number of ketones is 1. The third-order valence-electron chi connectivity index (χ3n) is 5.49. The summed E-state index contributed by atoms with van der Waals surface area (Å²) < 4.78 is 0. The molecule has 0 radical (unpaired) electrons. The first-order valence-corrected chi connectivity index (χ1v) is 10.8. The van der Waals surface area contributed by atoms with Crippen LogP contribution in [-0.4, -0.2) is 78.0 Å². The zero-order valence-corrected chi connectivity index (χ0v) is 17.8. The van der Waals surface area contributed by atoms with Crippen LogP contribution in [0.4, 0.5) is 0 Å². The average Bonchev–Trinajstić information content (AvgIpc) is 2.70. The van der Waals surface area contributed by atoms with E-state index in [0.29, 0.717) is 62.0 Å². The number of nitrogens with one attached hydrogen (secondary N) is 1. The van der Waals surface area contributed by atoms with Crippen molar-refractivity contribution in [3.63, 3.8) is 0 Å². The number of rotatable bonds is 7. The van der Waals surface area contributed by atoms with Crippen LogP contribution >= 0.6 is 23.2 Å². The molecule has 0 aliphatic carbocycles. The van der Waals surface area contributed by atoms with Crippen molar-refractivity contribution in [2.24, 2.45) is 0 Å². The average molecular weight is 440 g/mol. The first-order chi connectivity index (χ1) is 13.9. The fraction of sp³-hybridized carbons (Fsp3) is 0.524. The number of aliphatic hydroxyl groups is 1. The van der Waals surface area contributed by atoms with Gasteiger partial charge in [0.15, 0.2) is 5.78 Å². The molecule has 29 heavy (non-hydrogen) atoms. The molecule has 2 aliphatic rings. The Morgan fingerprint density at radius 3 is 2.69 bits per heavy atom. The van der Waals surface area contributed by atoms with Crippen LogP contribution < -0.4 is 5.32 Å². The fourth-order valence-electron chi connectivity index (χ4n) is 3.79. The van der Waals surface area contributed by atoms with E-state index in [1.54, 1.807) is 24.3 Å². The molecule has 2 aliphatic heterocycles. The lowest BCUT2D eigenvalue weighted by atomic mass is 10.00. The van der Waals surface area contributed by atoms with Gasteiger partial charge in [0, 0.05) is 32.7 Å². The minimum Gasteiger partial charge on any atom is -0.393 e. The summed E-state index contributed by atoms with van der Waals surface area (Å²) in [4.78, 5) is 28.9. The predicted molar refractivity (Wildman–Crippen MR) is 115 cm³/mol. The van der Waals surface area contributed by atoms with Crippen LogP contribution in [0.15, 0.2) is 24.3 Å². The van der Waals surface area contributed by atoms with E-state index >= 15 is 0 Å². The smallest absolute Gasteiger partial charge is 0.234 e. The zero-order chi connectivity index (χ0) is 20.8. The highest BCUT2D eigenvalue weighted by Crippen LogP contribution is 2.23. The Morgan fingerprint density at radius 1 is 1.24 bits per heavy atom. The van der Waals surface area contributed by atoms with E-state index in [4.69, 9.17) is 23.2 Å². The lowest BCUT2D eigenvalue weighted by molar-refractivity contribution is -0.124. The van der Waals surface area contributed by atoms with Crippen LogP contribution in [0.1, 0.15) is 24.8 Å². The molecule has 2 N–H and O–H groups in total. The van der Waals surface area contributed by atoms with Crippen LogP contribution in [0, 0.1) is 0 Å². The summed E-state index contributed by atoms with van der Waals surface area (Å²) in [7, 11) is 0. The lowest BCUT2D eigenvalue weighted by Gasteiger charge is -2.36. The first kappa shape index (κ1) is 22.2. The molecule has 3 rings (SSSR count). The molecular weight excluding hydrogens is 413 g/mol. The van der Waals surface area contributed by atoms with Gasteiger partial charge in [-0.25, -0.2) is 0 Å². The Balaban J connectivity index is 1.67. The van der Waals surface area contributed by atoms with Crippen molar-refractivity contribution >= 4 is 41.0 Å². The molecule has 0 saturated carbocycles. The number of amides is 1. The van der Waals surface area contributed by atoms with Crippen LogP contribution in [0.25, 0.3) is 6.08 Å². The van der Waals surface area contributed by atoms with E-state index < -0.39 is 0 Å². The molecule has 0 bridgehead atoms. The molecule has 2 fully saturated rings. The summed E-state index contributed by atoms with van der Waals surface area (Å²) in [6.07, 6.45) is 5.05. The highest BCUT2D eigenvalue weighted by atomic mass is 35.5. The van der Waals surface area contributed by atoms with E-state index in [1.807, 2.05) is 6.07 Å². The Labute approximate surface area is 181 Å². The van der Waals surface area contributed by atoms with E-state index in [9.17, 15) is 14.7 Å². The van der Waals surface area contributed by atoms with Crippen molar-refractivity contribution in [3.05, 3.63) is 39.9 Å². The van der Waals surface area contributed by atoms with Crippen molar-refractivity contribution < 1.29 is 14.7 Å². The van der Waals surface area contributed by atoms with E-state index in [0.717, 1.165) is 12.1 Å². The highest BCUT2D eigenvalue weighted by molar-refractivity contribution is 6.42. The van der Waals surface area contributed by atoms with Crippen molar-refractivity contribution in [2.75, 3.05) is 39.3 Å². The third kappa shape index (κ3) is 6.52. The maximum Gasteiger partial charge on any atom is 0.234 e. The van der Waals surface area contributed by atoms with Crippen molar-refractivity contribution in [3.8, 4) is 0 Å². The van der Waals surface area contributed by atoms with Gasteiger partial charge in [-0.3, -0.25) is 19.4 Å². The van der Waals surface area contributed by atoms with Gasteiger partial charge in [0.1, 0.15) is 0 Å². The molecule has 1 amide bonds. The van der Waals surface area contributed by atoms with Crippen LogP contribution in [-0.2, 0) is 9.59 Å². The quantitative estimate of drug-likeness (QED) is 0.637. The zero-order valence-electron chi connectivity index (χ0n) is 16.3. The summed E-state index contributed by atoms with van der Waals surface area (Å²) in [6.45, 7) is 3.88. The van der Waals surface area contributed by atoms with Gasteiger partial charge in [-0.05, 0) is 43.0 Å². The molecule has 2 heterocycles. The van der Waals surface area contributed by atoms with E-state index in [2.05, 4.69) is 15.1 Å². The standard InChI is InChI=1S/C21H27Cl2N3O3/c22-17-3-1-15(13-18(17)23)2-4-20(28)19(26-10-5-16(27)6-11-26)7-9-25-12-8-24-21(29)14-25/h1-4,13,16,19,27H,5-12,14H2,(H,24,29)/b4-2+. The summed E-state index contributed by atoms with van der Waals surface area (Å²) in [5.41, 5.74) is 0.813. The molecule has 1 aromatic rings. The molecule has 1 unspecified atom stereocenters. The summed E-state index contributed by atoms with van der Waals surface area (Å²) >= 11 is 12.0. The Hall–Kier alpha value is -1.44. The molecule has 0 aromatic heterocycles. The second kappa shape index (κ2) is 10.5. The van der Waals surface area contributed by atoms with Gasteiger partial charge in [0.05, 0.1) is 28.7 Å². The van der Waals surface area contributed by atoms with Gasteiger partial charge in [0.25, 0.3) is 0 Å². The van der Waals surface area contributed by atoms with Crippen molar-refractivity contribution in [2.45, 2.75) is 31.4 Å². The van der Waals surface area contributed by atoms with Gasteiger partial charge in [-0.1, -0.05) is 35.3 Å². The molecular formula is C21H27Cl2N3O3. The highest BCUT2D eigenvalue weighted by Gasteiger charge is 2.29. The molecule has 2 saturated heterocycles. The SMILES string of the molecule is O=C1CN(CCC(C(=O)/C=C/c2ccc(Cl)c(Cl)c2)N2CCC(O)CC2)CCN1. The molecule has 1 atom stereocenters. The van der Waals surface area contributed by atoms with Crippen molar-refractivity contribution in [1.82, 2.24) is 15.1 Å². The minimum absolute atomic E-state index is 0.0222. The van der Waals surface area contributed by atoms with Crippen molar-refractivity contribution in [1.29, 1.82) is 0 Å². The molecule has 1 aromatic carbocycles. The van der Waals surface area contributed by atoms with E-state index in [1.165, 1.54) is 0 Å². The first-order valence-electron chi connectivity index (χ1n) is 10.0. The van der Waals surface area contributed by atoms with E-state index in [-0.39, 0.29) is 23.8 Å². The summed E-state index contributed by atoms with van der Waals surface area (Å²) in [5, 5.41) is 13.6. The monoisotopic (exact) mass is 439 g/mol. The number of benzene rings is 1. The van der Waals surface area contributed by atoms with Crippen LogP contribution in [0.2, 0.25) is 10.0 Å². The second-order valence-electron chi connectivity index (χ2n) is 7.61. The summed E-state index contributed by atoms with van der Waals surface area (Å²) in [6, 6.07) is 4.98. The second-order valence-corrected chi connectivity index (χ2v) is 8.42. The van der Waals surface area contributed by atoms with Crippen LogP contribution in [0.5, 0.6) is 0 Å². The largest absolute Gasteiger partial charge is 0.393 e. The number of hydrogen-bond donors (Lipinski definition) is 2. The molecule has 0 spiro atoms. The number of nitrogens with zero attached hydrogens (tertiary/aromatic N) is 2.